The van der Waals surface area contributed by atoms with Crippen LogP contribution in [-0.4, -0.2) is 45.0 Å². The van der Waals surface area contributed by atoms with Gasteiger partial charge in [0.05, 0.1) is 12.6 Å². The van der Waals surface area contributed by atoms with Crippen molar-refractivity contribution in [1.82, 2.24) is 14.6 Å². The number of aromatic nitrogens is 2. The Bertz CT molecular complexity index is 755. The maximum Gasteiger partial charge on any atom is 0.441 e. The number of fused-ring (bicyclic) bond motifs is 1. The van der Waals surface area contributed by atoms with E-state index in [1.807, 2.05) is 30.3 Å². The summed E-state index contributed by atoms with van der Waals surface area (Å²) in [6.07, 6.45) is 5.81. The molecule has 2 fully saturated rings. The van der Waals surface area contributed by atoms with Gasteiger partial charge in [-0.2, -0.15) is 0 Å². The number of benzene rings is 1. The second kappa shape index (κ2) is 7.14. The van der Waals surface area contributed by atoms with E-state index in [2.05, 4.69) is 10.1 Å². The van der Waals surface area contributed by atoms with Crippen LogP contribution in [0.1, 0.15) is 32.1 Å². The number of hydrogen-bond donors (Lipinski definition) is 1. The van der Waals surface area contributed by atoms with Crippen LogP contribution in [0.2, 0.25) is 0 Å². The Balaban J connectivity index is 1.46. The zero-order valence-corrected chi connectivity index (χ0v) is 14.4. The lowest BCUT2D eigenvalue weighted by molar-refractivity contribution is 0.0771. The molecule has 0 spiro atoms. The third-order valence-corrected chi connectivity index (χ3v) is 5.68. The van der Waals surface area contributed by atoms with Crippen molar-refractivity contribution in [1.29, 1.82) is 0 Å². The van der Waals surface area contributed by atoms with Crippen molar-refractivity contribution < 1.29 is 9.63 Å². The van der Waals surface area contributed by atoms with Crippen molar-refractivity contribution in [2.75, 3.05) is 13.1 Å². The minimum Gasteiger partial charge on any atom is -0.390 e. The van der Waals surface area contributed by atoms with E-state index in [1.165, 1.54) is 36.7 Å². The molecule has 0 amide bonds. The monoisotopic (exact) mass is 343 g/mol. The van der Waals surface area contributed by atoms with E-state index in [-0.39, 0.29) is 6.54 Å². The number of aliphatic hydroxyl groups is 1. The summed E-state index contributed by atoms with van der Waals surface area (Å²) in [5.41, 5.74) is 0.814. The molecule has 6 nitrogen and oxygen atoms in total. The predicted octanol–water partition coefficient (Wildman–Crippen LogP) is 2.13. The molecule has 0 bridgehead atoms. The van der Waals surface area contributed by atoms with E-state index in [4.69, 9.17) is 4.52 Å². The minimum atomic E-state index is -0.611. The molecule has 3 atom stereocenters. The molecule has 134 valence electrons. The van der Waals surface area contributed by atoms with Gasteiger partial charge in [-0.3, -0.25) is 14.0 Å². The summed E-state index contributed by atoms with van der Waals surface area (Å²) in [7, 11) is 0. The molecule has 1 saturated carbocycles. The molecule has 1 N–H and O–H groups in total. The number of hydrogen-bond acceptors (Lipinski definition) is 5. The fourth-order valence-corrected chi connectivity index (χ4v) is 4.49. The quantitative estimate of drug-likeness (QED) is 0.900. The molecule has 3 unspecified atom stereocenters. The van der Waals surface area contributed by atoms with Crippen LogP contribution >= 0.6 is 0 Å². The summed E-state index contributed by atoms with van der Waals surface area (Å²) in [6, 6.07) is 10.1. The van der Waals surface area contributed by atoms with Crippen molar-refractivity contribution in [2.45, 2.75) is 50.8 Å². The molecule has 2 aliphatic rings. The third kappa shape index (κ3) is 3.41. The lowest BCUT2D eigenvalue weighted by atomic mass is 9.85. The molecule has 0 radical (unpaired) electrons. The number of rotatable bonds is 5. The largest absolute Gasteiger partial charge is 0.441 e. The van der Waals surface area contributed by atoms with Gasteiger partial charge < -0.3 is 5.11 Å². The van der Waals surface area contributed by atoms with E-state index in [0.717, 1.165) is 18.0 Å². The van der Waals surface area contributed by atoms with Crippen molar-refractivity contribution in [3.63, 3.8) is 0 Å². The van der Waals surface area contributed by atoms with Gasteiger partial charge in [0, 0.05) is 18.2 Å². The lowest BCUT2D eigenvalue weighted by Gasteiger charge is -2.32. The zero-order chi connectivity index (χ0) is 17.2. The Kier molecular flexibility index (Phi) is 4.72. The summed E-state index contributed by atoms with van der Waals surface area (Å²) in [4.78, 5) is 14.4. The summed E-state index contributed by atoms with van der Waals surface area (Å²) in [5, 5.41) is 14.5. The topological polar surface area (TPSA) is 71.5 Å². The van der Waals surface area contributed by atoms with Crippen LogP contribution < -0.4 is 5.76 Å². The Hall–Kier alpha value is -1.92. The molecule has 1 aliphatic carbocycles. The minimum absolute atomic E-state index is 0.209. The highest BCUT2D eigenvalue weighted by Crippen LogP contribution is 2.36. The average molecular weight is 343 g/mol. The molecule has 1 aromatic heterocycles. The van der Waals surface area contributed by atoms with Crippen LogP contribution in [0.3, 0.4) is 0 Å². The Morgan fingerprint density at radius 1 is 1.16 bits per heavy atom. The Morgan fingerprint density at radius 2 is 1.96 bits per heavy atom. The highest BCUT2D eigenvalue weighted by Gasteiger charge is 2.36. The first-order chi connectivity index (χ1) is 12.2. The molecule has 1 aliphatic heterocycles. The van der Waals surface area contributed by atoms with E-state index < -0.39 is 11.9 Å². The summed E-state index contributed by atoms with van der Waals surface area (Å²) >= 11 is 0. The van der Waals surface area contributed by atoms with E-state index in [0.29, 0.717) is 18.4 Å². The van der Waals surface area contributed by atoms with Crippen molar-refractivity contribution >= 4 is 0 Å². The average Bonchev–Trinajstić information content (AvgIpc) is 3.20. The highest BCUT2D eigenvalue weighted by atomic mass is 16.5. The van der Waals surface area contributed by atoms with Gasteiger partial charge in [0.25, 0.3) is 0 Å². The first kappa shape index (κ1) is 16.5. The number of β-amino-alcohol motifs (C(OH)–C–C–N with tert-alkyl or cyclic N) is 1. The molecule has 4 rings (SSSR count). The van der Waals surface area contributed by atoms with E-state index >= 15 is 0 Å². The van der Waals surface area contributed by atoms with Crippen LogP contribution in [0.15, 0.2) is 39.6 Å². The second-order valence-electron chi connectivity index (χ2n) is 7.30. The fourth-order valence-electron chi connectivity index (χ4n) is 4.49. The smallest absolute Gasteiger partial charge is 0.390 e. The molecule has 25 heavy (non-hydrogen) atoms. The van der Waals surface area contributed by atoms with Gasteiger partial charge >= 0.3 is 5.76 Å². The Morgan fingerprint density at radius 3 is 2.80 bits per heavy atom. The lowest BCUT2D eigenvalue weighted by Crippen LogP contribution is -2.41. The van der Waals surface area contributed by atoms with E-state index in [9.17, 15) is 9.90 Å². The van der Waals surface area contributed by atoms with Gasteiger partial charge in [0.1, 0.15) is 0 Å². The predicted molar refractivity (Wildman–Crippen MR) is 94.1 cm³/mol. The first-order valence-electron chi connectivity index (χ1n) is 9.26. The Labute approximate surface area is 147 Å². The van der Waals surface area contributed by atoms with Crippen LogP contribution in [0.5, 0.6) is 0 Å². The normalized spacial score (nSPS) is 25.0. The van der Waals surface area contributed by atoms with Gasteiger partial charge in [0.2, 0.25) is 0 Å². The van der Waals surface area contributed by atoms with Crippen LogP contribution in [0.4, 0.5) is 0 Å². The molecular formula is C19H25N3O3. The SMILES string of the molecule is O=c1onc(-c2ccccc2)n1CC(O)CN1CCC2CCCCC21. The van der Waals surface area contributed by atoms with Crippen LogP contribution in [-0.2, 0) is 6.54 Å². The van der Waals surface area contributed by atoms with Gasteiger partial charge in [-0.1, -0.05) is 48.3 Å². The van der Waals surface area contributed by atoms with Crippen LogP contribution in [0, 0.1) is 5.92 Å². The van der Waals surface area contributed by atoms with Crippen molar-refractivity contribution in [2.24, 2.45) is 5.92 Å². The fraction of sp³-hybridized carbons (Fsp3) is 0.579. The van der Waals surface area contributed by atoms with Gasteiger partial charge in [-0.05, 0) is 31.7 Å². The molecule has 1 saturated heterocycles. The van der Waals surface area contributed by atoms with Gasteiger partial charge in [-0.25, -0.2) is 4.79 Å². The third-order valence-electron chi connectivity index (χ3n) is 5.68. The standard InChI is InChI=1S/C19H25N3O3/c23-16(12-21-11-10-14-6-4-5-9-17(14)21)13-22-18(20-25-19(22)24)15-7-2-1-3-8-15/h1-3,7-8,14,16-17,23H,4-6,9-13H2. The molecular weight excluding hydrogens is 318 g/mol. The number of likely N-dealkylation sites (tertiary alicyclic amines) is 1. The summed E-state index contributed by atoms with van der Waals surface area (Å²) in [5.74, 6) is 0.746. The summed E-state index contributed by atoms with van der Waals surface area (Å²) in [6.45, 7) is 1.87. The number of nitrogens with zero attached hydrogens (tertiary/aromatic N) is 3. The zero-order valence-electron chi connectivity index (χ0n) is 14.4. The second-order valence-corrected chi connectivity index (χ2v) is 7.30. The highest BCUT2D eigenvalue weighted by molar-refractivity contribution is 5.54. The van der Waals surface area contributed by atoms with E-state index in [1.54, 1.807) is 0 Å². The van der Waals surface area contributed by atoms with Crippen molar-refractivity contribution in [3.05, 3.63) is 40.9 Å². The first-order valence-corrected chi connectivity index (χ1v) is 9.26. The van der Waals surface area contributed by atoms with Crippen molar-refractivity contribution in [3.8, 4) is 11.4 Å². The molecule has 2 aromatic rings. The summed E-state index contributed by atoms with van der Waals surface area (Å²) < 4.78 is 6.28. The van der Waals surface area contributed by atoms with Crippen LogP contribution in [0.25, 0.3) is 11.4 Å². The maximum absolute atomic E-state index is 12.0. The number of aliphatic hydroxyl groups excluding tert-OH is 1. The molecule has 1 aromatic carbocycles. The molecule has 2 heterocycles. The maximum atomic E-state index is 12.0. The van der Waals surface area contributed by atoms with Gasteiger partial charge in [0.15, 0.2) is 5.82 Å². The molecule has 6 heteroatoms. The van der Waals surface area contributed by atoms with Gasteiger partial charge in [-0.15, -0.1) is 0 Å².